The number of aromatic nitrogens is 1. The van der Waals surface area contributed by atoms with E-state index < -0.39 is 22.1 Å². The van der Waals surface area contributed by atoms with Crippen LogP contribution in [-0.4, -0.2) is 19.8 Å². The molecule has 5 nitrogen and oxygen atoms in total. The van der Waals surface area contributed by atoms with Crippen molar-refractivity contribution in [1.82, 2.24) is 4.98 Å². The zero-order valence-corrected chi connectivity index (χ0v) is 13.3. The average Bonchev–Trinajstić information content (AvgIpc) is 2.54. The second kappa shape index (κ2) is 6.25. The maximum absolute atomic E-state index is 12.5. The van der Waals surface area contributed by atoms with E-state index in [1.54, 1.807) is 6.07 Å². The molecule has 9 heteroatoms. The van der Waals surface area contributed by atoms with Gasteiger partial charge in [-0.1, -0.05) is 24.3 Å². The number of sulfonamides is 1. The number of halogens is 3. The monoisotopic (exact) mass is 368 g/mol. The van der Waals surface area contributed by atoms with Crippen molar-refractivity contribution < 1.29 is 26.3 Å². The van der Waals surface area contributed by atoms with E-state index in [1.807, 2.05) is 0 Å². The fourth-order valence-corrected chi connectivity index (χ4v) is 3.32. The molecule has 0 saturated heterocycles. The van der Waals surface area contributed by atoms with E-state index in [9.17, 15) is 21.6 Å². The van der Waals surface area contributed by atoms with Gasteiger partial charge in [0.1, 0.15) is 5.75 Å². The number of hydrogen-bond donors (Lipinski definition) is 1. The summed E-state index contributed by atoms with van der Waals surface area (Å²) in [4.78, 5) is 4.01. The van der Waals surface area contributed by atoms with Gasteiger partial charge in [-0.05, 0) is 24.3 Å². The lowest BCUT2D eigenvalue weighted by molar-refractivity contribution is -0.274. The molecule has 0 spiro atoms. The van der Waals surface area contributed by atoms with Crippen LogP contribution in [0.2, 0.25) is 0 Å². The predicted molar refractivity (Wildman–Crippen MR) is 85.7 cm³/mol. The summed E-state index contributed by atoms with van der Waals surface area (Å²) in [5.41, 5.74) is 0.0951. The highest BCUT2D eigenvalue weighted by Gasteiger charge is 2.31. The van der Waals surface area contributed by atoms with Crippen molar-refractivity contribution in [3.05, 3.63) is 60.8 Å². The van der Waals surface area contributed by atoms with Crippen molar-refractivity contribution in [1.29, 1.82) is 0 Å². The van der Waals surface area contributed by atoms with E-state index in [2.05, 4.69) is 14.4 Å². The zero-order chi connectivity index (χ0) is 18.1. The summed E-state index contributed by atoms with van der Waals surface area (Å²) in [6.07, 6.45) is -3.49. The first-order valence-corrected chi connectivity index (χ1v) is 8.45. The summed E-state index contributed by atoms with van der Waals surface area (Å²) in [5, 5.41) is 0.301. The molecule has 2 aromatic carbocycles. The van der Waals surface area contributed by atoms with Crippen molar-refractivity contribution in [2.45, 2.75) is 11.3 Å². The lowest BCUT2D eigenvalue weighted by atomic mass is 10.2. The van der Waals surface area contributed by atoms with E-state index in [-0.39, 0.29) is 16.1 Å². The molecule has 0 unspecified atom stereocenters. The molecular weight excluding hydrogens is 357 g/mol. The minimum absolute atomic E-state index is 0.0266. The number of benzene rings is 2. The van der Waals surface area contributed by atoms with Gasteiger partial charge in [-0.25, -0.2) is 8.42 Å². The Bertz CT molecular complexity index is 1010. The molecule has 0 amide bonds. The molecule has 0 aliphatic heterocycles. The standard InChI is InChI=1S/C16H11F3N2O3S/c17-16(18,19)24-12-9-11-5-4-8-20-15(11)14(10-12)21-25(22,23)13-6-2-1-3-7-13/h1-10,21H. The van der Waals surface area contributed by atoms with Gasteiger partial charge in [-0.3, -0.25) is 9.71 Å². The maximum Gasteiger partial charge on any atom is 0.573 e. The van der Waals surface area contributed by atoms with Crippen molar-refractivity contribution >= 4 is 26.6 Å². The van der Waals surface area contributed by atoms with Gasteiger partial charge in [-0.15, -0.1) is 13.2 Å². The fraction of sp³-hybridized carbons (Fsp3) is 0.0625. The number of nitrogens with zero attached hydrogens (tertiary/aromatic N) is 1. The number of rotatable bonds is 4. The minimum Gasteiger partial charge on any atom is -0.406 e. The Morgan fingerprint density at radius 3 is 2.40 bits per heavy atom. The highest BCUT2D eigenvalue weighted by atomic mass is 32.2. The first kappa shape index (κ1) is 17.0. The minimum atomic E-state index is -4.90. The number of ether oxygens (including phenoxy) is 1. The van der Waals surface area contributed by atoms with Crippen LogP contribution < -0.4 is 9.46 Å². The van der Waals surface area contributed by atoms with E-state index >= 15 is 0 Å². The maximum atomic E-state index is 12.5. The molecule has 1 N–H and O–H groups in total. The van der Waals surface area contributed by atoms with Gasteiger partial charge in [0.25, 0.3) is 10.0 Å². The average molecular weight is 368 g/mol. The summed E-state index contributed by atoms with van der Waals surface area (Å²) < 4.78 is 68.6. The Kier molecular flexibility index (Phi) is 4.25. The molecule has 130 valence electrons. The Morgan fingerprint density at radius 1 is 1.00 bits per heavy atom. The Balaban J connectivity index is 2.08. The topological polar surface area (TPSA) is 68.3 Å². The molecule has 1 heterocycles. The van der Waals surface area contributed by atoms with Crippen molar-refractivity contribution in [2.24, 2.45) is 0 Å². The molecule has 3 rings (SSSR count). The second-order valence-electron chi connectivity index (χ2n) is 5.01. The third kappa shape index (κ3) is 4.00. The number of pyridine rings is 1. The molecule has 25 heavy (non-hydrogen) atoms. The Labute approximate surface area is 141 Å². The van der Waals surface area contributed by atoms with Gasteiger partial charge in [-0.2, -0.15) is 0 Å². The van der Waals surface area contributed by atoms with Crippen LogP contribution in [-0.2, 0) is 10.0 Å². The summed E-state index contributed by atoms with van der Waals surface area (Å²) in [6.45, 7) is 0. The van der Waals surface area contributed by atoms with Crippen molar-refractivity contribution in [3.63, 3.8) is 0 Å². The first-order valence-electron chi connectivity index (χ1n) is 6.97. The van der Waals surface area contributed by atoms with Crippen LogP contribution in [0.1, 0.15) is 0 Å². The van der Waals surface area contributed by atoms with Gasteiger partial charge < -0.3 is 4.74 Å². The molecule has 3 aromatic rings. The van der Waals surface area contributed by atoms with E-state index in [0.29, 0.717) is 5.39 Å². The highest BCUT2D eigenvalue weighted by molar-refractivity contribution is 7.92. The van der Waals surface area contributed by atoms with Gasteiger partial charge in [0.05, 0.1) is 16.1 Å². The Hall–Kier alpha value is -2.81. The summed E-state index contributed by atoms with van der Waals surface area (Å²) in [5.74, 6) is -0.543. The van der Waals surface area contributed by atoms with Crippen molar-refractivity contribution in [2.75, 3.05) is 4.72 Å². The first-order chi connectivity index (χ1) is 11.7. The van der Waals surface area contributed by atoms with Crippen LogP contribution in [0, 0.1) is 0 Å². The molecule has 0 fully saturated rings. The molecule has 0 saturated carbocycles. The van der Waals surface area contributed by atoms with Crippen LogP contribution in [0.25, 0.3) is 10.9 Å². The smallest absolute Gasteiger partial charge is 0.406 e. The third-order valence-corrected chi connectivity index (χ3v) is 4.59. The van der Waals surface area contributed by atoms with Crippen LogP contribution in [0.5, 0.6) is 5.75 Å². The van der Waals surface area contributed by atoms with Gasteiger partial charge in [0.2, 0.25) is 0 Å². The van der Waals surface area contributed by atoms with Crippen LogP contribution in [0.15, 0.2) is 65.7 Å². The van der Waals surface area contributed by atoms with Crippen molar-refractivity contribution in [3.8, 4) is 5.75 Å². The third-order valence-electron chi connectivity index (χ3n) is 3.21. The number of fused-ring (bicyclic) bond motifs is 1. The molecule has 0 atom stereocenters. The summed E-state index contributed by atoms with van der Waals surface area (Å²) >= 11 is 0. The summed E-state index contributed by atoms with van der Waals surface area (Å²) in [6, 6.07) is 12.6. The molecule has 0 radical (unpaired) electrons. The summed E-state index contributed by atoms with van der Waals surface area (Å²) in [7, 11) is -3.99. The van der Waals surface area contributed by atoms with E-state index in [1.165, 1.54) is 42.6 Å². The number of nitrogens with one attached hydrogen (secondary N) is 1. The van der Waals surface area contributed by atoms with Crippen LogP contribution in [0.4, 0.5) is 18.9 Å². The Morgan fingerprint density at radius 2 is 1.72 bits per heavy atom. The fourth-order valence-electron chi connectivity index (χ4n) is 2.24. The zero-order valence-electron chi connectivity index (χ0n) is 12.5. The van der Waals surface area contributed by atoms with Gasteiger partial charge >= 0.3 is 6.36 Å². The van der Waals surface area contributed by atoms with E-state index in [4.69, 9.17) is 0 Å². The second-order valence-corrected chi connectivity index (χ2v) is 6.69. The molecular formula is C16H11F3N2O3S. The van der Waals surface area contributed by atoms with Crippen LogP contribution >= 0.6 is 0 Å². The van der Waals surface area contributed by atoms with Gasteiger partial charge in [0.15, 0.2) is 0 Å². The number of alkyl halides is 3. The van der Waals surface area contributed by atoms with Crippen LogP contribution in [0.3, 0.4) is 0 Å². The van der Waals surface area contributed by atoms with Gasteiger partial charge in [0, 0.05) is 17.6 Å². The molecule has 0 aliphatic carbocycles. The SMILES string of the molecule is O=S(=O)(Nc1cc(OC(F)(F)F)cc2cccnc12)c1ccccc1. The number of hydrogen-bond acceptors (Lipinski definition) is 4. The number of anilines is 1. The highest BCUT2D eigenvalue weighted by Crippen LogP contribution is 2.32. The lowest BCUT2D eigenvalue weighted by Crippen LogP contribution is -2.18. The van der Waals surface area contributed by atoms with E-state index in [0.717, 1.165) is 12.1 Å². The largest absolute Gasteiger partial charge is 0.573 e. The molecule has 0 aliphatic rings. The quantitative estimate of drug-likeness (QED) is 0.758. The molecule has 0 bridgehead atoms. The molecule has 1 aromatic heterocycles. The lowest BCUT2D eigenvalue weighted by Gasteiger charge is -2.14. The normalized spacial score (nSPS) is 12.1. The predicted octanol–water partition coefficient (Wildman–Crippen LogP) is 3.93.